The minimum atomic E-state index is -2.32. The van der Waals surface area contributed by atoms with Gasteiger partial charge in [-0.15, -0.1) is 92.9 Å². The smallest absolute Gasteiger partial charge is 0.112 e. The molecule has 0 atom stereocenters. The zero-order valence-corrected chi connectivity index (χ0v) is 24.5. The molecule has 0 aliphatic heterocycles. The van der Waals surface area contributed by atoms with Gasteiger partial charge in [-0.2, -0.15) is 0 Å². The van der Waals surface area contributed by atoms with Gasteiger partial charge in [0.05, 0.1) is 5.41 Å². The Hall–Kier alpha value is -1.89. The molecule has 0 saturated carbocycles. The Labute approximate surface area is 291 Å². The summed E-state index contributed by atoms with van der Waals surface area (Å²) in [7, 11) is 124. The summed E-state index contributed by atoms with van der Waals surface area (Å²) < 4.78 is 0. The highest BCUT2D eigenvalue weighted by Crippen LogP contribution is 2.38. The lowest BCUT2D eigenvalue weighted by Crippen LogP contribution is -2.69. The van der Waals surface area contributed by atoms with Crippen LogP contribution in [0.1, 0.15) is 27.8 Å². The van der Waals surface area contributed by atoms with E-state index < -0.39 is 5.41 Å². The predicted octanol–water partition coefficient (Wildman–Crippen LogP) is -16.5. The van der Waals surface area contributed by atoms with Crippen LogP contribution in [0.2, 0.25) is 0 Å². The molecule has 164 valence electrons. The molecule has 0 fully saturated rings. The highest BCUT2D eigenvalue weighted by molar-refractivity contribution is 6.71. The lowest BCUT2D eigenvalue weighted by atomic mass is 9.43. The van der Waals surface area contributed by atoms with Crippen molar-refractivity contribution in [1.29, 1.82) is 0 Å². The highest BCUT2D eigenvalue weighted by Gasteiger charge is 2.46. The first kappa shape index (κ1) is 36.0. The SMILES string of the molecule is [B]c1c([B])c([B])c(C(c2c([B])c([B])c([B])c([B])c2[B])(c2c([B])c([B])c([B])c([B])c2[B])c2c([B])c([B])c(C)c([B])c2[B])c([B])c1[B]. The van der Waals surface area contributed by atoms with Crippen molar-refractivity contribution in [2.75, 3.05) is 0 Å². The summed E-state index contributed by atoms with van der Waals surface area (Å²) in [4.78, 5) is 0. The van der Waals surface area contributed by atoms with Crippen LogP contribution in [0.3, 0.4) is 0 Å². The Bertz CT molecular complexity index is 1560. The van der Waals surface area contributed by atoms with E-state index in [1.54, 1.807) is 6.92 Å². The van der Waals surface area contributed by atoms with E-state index in [-0.39, 0.29) is 126 Å². The van der Waals surface area contributed by atoms with E-state index in [1.165, 1.54) is 0 Å². The normalized spacial score (nSPS) is 11.6. The lowest BCUT2D eigenvalue weighted by molar-refractivity contribution is 0.792. The van der Waals surface area contributed by atoms with Gasteiger partial charge in [0.25, 0.3) is 0 Å². The van der Waals surface area contributed by atoms with Crippen LogP contribution in [0.4, 0.5) is 0 Å². The maximum atomic E-state index is 6.80. The van der Waals surface area contributed by atoms with Gasteiger partial charge in [-0.25, -0.2) is 0 Å². The maximum absolute atomic E-state index is 6.80. The van der Waals surface area contributed by atoms with E-state index in [4.69, 9.17) is 149 Å². The molecule has 19 heteroatoms. The summed E-state index contributed by atoms with van der Waals surface area (Å²) in [5, 5.41) is 0. The Morgan fingerprint density at radius 3 is 0.533 bits per heavy atom. The molecule has 4 aromatic rings. The molecule has 0 aliphatic rings. The second-order valence-electron chi connectivity index (χ2n) is 10.7. The van der Waals surface area contributed by atoms with Crippen LogP contribution in [0, 0.1) is 6.92 Å². The van der Waals surface area contributed by atoms with Crippen molar-refractivity contribution in [2.45, 2.75) is 12.3 Å². The number of hydrogen-bond acceptors (Lipinski definition) is 0. The zero-order chi connectivity index (χ0) is 34.4. The number of benzene rings is 4. The molecule has 0 aromatic heterocycles. The minimum absolute atomic E-state index is 0.0170. The molecule has 0 aliphatic carbocycles. The topological polar surface area (TPSA) is 0 Å². The van der Waals surface area contributed by atoms with Gasteiger partial charge in [0, 0.05) is 0 Å². The molecular formula is C26H3B19. The highest BCUT2D eigenvalue weighted by atomic mass is 14.5. The van der Waals surface area contributed by atoms with Crippen LogP contribution < -0.4 is 104 Å². The second-order valence-corrected chi connectivity index (χ2v) is 10.7. The van der Waals surface area contributed by atoms with Gasteiger partial charge in [-0.3, -0.25) is 0 Å². The van der Waals surface area contributed by atoms with Crippen molar-refractivity contribution in [1.82, 2.24) is 0 Å². The van der Waals surface area contributed by atoms with Gasteiger partial charge in [0.1, 0.15) is 149 Å². The van der Waals surface area contributed by atoms with E-state index in [0.29, 0.717) is 5.56 Å². The molecule has 0 saturated heterocycles. The Morgan fingerprint density at radius 1 is 0.222 bits per heavy atom. The molecule has 4 aromatic carbocycles. The maximum Gasteiger partial charge on any atom is 0.113 e. The van der Waals surface area contributed by atoms with Crippen LogP contribution in [-0.4, -0.2) is 149 Å². The summed E-state index contributed by atoms with van der Waals surface area (Å²) in [6.07, 6.45) is 0. The largest absolute Gasteiger partial charge is 0.113 e. The molecule has 0 nitrogen and oxygen atoms in total. The van der Waals surface area contributed by atoms with Crippen molar-refractivity contribution in [3.05, 3.63) is 27.8 Å². The summed E-state index contributed by atoms with van der Waals surface area (Å²) in [6.45, 7) is 1.59. The van der Waals surface area contributed by atoms with Crippen LogP contribution in [0.25, 0.3) is 0 Å². The van der Waals surface area contributed by atoms with Gasteiger partial charge < -0.3 is 0 Å². The van der Waals surface area contributed by atoms with Crippen molar-refractivity contribution in [3.8, 4) is 0 Å². The summed E-state index contributed by atoms with van der Waals surface area (Å²) >= 11 is 0. The Balaban J connectivity index is 2.69. The van der Waals surface area contributed by atoms with Gasteiger partial charge >= 0.3 is 0 Å². The molecule has 0 unspecified atom stereocenters. The van der Waals surface area contributed by atoms with Gasteiger partial charge in [0.2, 0.25) is 0 Å². The summed E-state index contributed by atoms with van der Waals surface area (Å²) in [5.41, 5.74) is -6.41. The fourth-order valence-electron chi connectivity index (χ4n) is 5.88. The molecule has 38 radical (unpaired) electrons. The Kier molecular flexibility index (Phi) is 9.82. The average Bonchev–Trinajstić information content (AvgIpc) is 3.00. The molecule has 0 bridgehead atoms. The van der Waals surface area contributed by atoms with E-state index in [9.17, 15) is 0 Å². The first-order chi connectivity index (χ1) is 20.7. The summed E-state index contributed by atoms with van der Waals surface area (Å²) in [5.74, 6) is 0. The monoisotopic (exact) mass is 524 g/mol. The quantitative estimate of drug-likeness (QED) is 0.185. The lowest BCUT2D eigenvalue weighted by Gasteiger charge is -2.49. The molecule has 0 spiro atoms. The molecule has 0 N–H and O–H groups in total. The molecular weight excluding hydrogens is 518 g/mol. The van der Waals surface area contributed by atoms with Crippen molar-refractivity contribution < 1.29 is 0 Å². The first-order valence-electron chi connectivity index (χ1n) is 13.0. The first-order valence-corrected chi connectivity index (χ1v) is 13.0. The zero-order valence-electron chi connectivity index (χ0n) is 24.5. The van der Waals surface area contributed by atoms with Gasteiger partial charge in [-0.05, 0) is 29.2 Å². The predicted molar refractivity (Wildman–Crippen MR) is 212 cm³/mol. The fraction of sp³-hybridized carbons (Fsp3) is 0.0769. The van der Waals surface area contributed by atoms with E-state index in [2.05, 4.69) is 0 Å². The van der Waals surface area contributed by atoms with Gasteiger partial charge in [0.15, 0.2) is 0 Å². The van der Waals surface area contributed by atoms with E-state index >= 15 is 0 Å². The van der Waals surface area contributed by atoms with Crippen LogP contribution in [-0.2, 0) is 5.41 Å². The summed E-state index contributed by atoms with van der Waals surface area (Å²) in [6, 6.07) is 0. The standard InChI is InChI=1S/C26H3B19/c1-2-7(27)9(29)3(10(30)8(2)28)26(4-11(31)17(37)23(43)18(38)12(4)32,5-13(33)19(39)24(44)20(40)14(5)34)6-15(35)21(41)25(45)22(42)16(6)36/h1H3. The molecule has 0 heterocycles. The second kappa shape index (κ2) is 12.3. The van der Waals surface area contributed by atoms with Crippen molar-refractivity contribution in [3.63, 3.8) is 0 Å². The minimum Gasteiger partial charge on any atom is -0.112 e. The van der Waals surface area contributed by atoms with Crippen LogP contribution >= 0.6 is 0 Å². The third kappa shape index (κ3) is 4.86. The number of hydrogen-bond donors (Lipinski definition) is 0. The van der Waals surface area contributed by atoms with Crippen molar-refractivity contribution >= 4 is 253 Å². The third-order valence-corrected chi connectivity index (χ3v) is 8.53. The van der Waals surface area contributed by atoms with Crippen LogP contribution in [0.15, 0.2) is 0 Å². The van der Waals surface area contributed by atoms with Crippen molar-refractivity contribution in [2.24, 2.45) is 0 Å². The molecule has 4 rings (SSSR count). The van der Waals surface area contributed by atoms with Gasteiger partial charge in [-0.1, -0.05) is 16.5 Å². The third-order valence-electron chi connectivity index (χ3n) is 8.53. The van der Waals surface area contributed by atoms with E-state index in [0.717, 1.165) is 0 Å². The molecule has 0 amide bonds. The average molecular weight is 521 g/mol. The Morgan fingerprint density at radius 2 is 0.356 bits per heavy atom. The van der Waals surface area contributed by atoms with Crippen LogP contribution in [0.5, 0.6) is 0 Å². The molecule has 45 heavy (non-hydrogen) atoms. The fourth-order valence-corrected chi connectivity index (χ4v) is 5.88. The number of rotatable bonds is 4. The van der Waals surface area contributed by atoms with E-state index in [1.807, 2.05) is 0 Å².